The van der Waals surface area contributed by atoms with Gasteiger partial charge >= 0.3 is 0 Å². The lowest BCUT2D eigenvalue weighted by atomic mass is 10.1. The van der Waals surface area contributed by atoms with E-state index in [1.165, 1.54) is 0 Å². The molecule has 0 spiro atoms. The molecule has 18 heavy (non-hydrogen) atoms. The van der Waals surface area contributed by atoms with E-state index in [9.17, 15) is 9.59 Å². The quantitative estimate of drug-likeness (QED) is 0.715. The Morgan fingerprint density at radius 1 is 1.28 bits per heavy atom. The number of carbonyl (C=O) groups excluding carboxylic acids is 2. The minimum Gasteiger partial charge on any atom is -0.370 e. The number of nitrogens with two attached hydrogens (primary N) is 2. The van der Waals surface area contributed by atoms with Crippen LogP contribution in [0, 0.1) is 6.92 Å². The Morgan fingerprint density at radius 3 is 2.33 bits per heavy atom. The molecule has 1 rings (SSSR count). The number of primary amides is 1. The van der Waals surface area contributed by atoms with Gasteiger partial charge in [0.05, 0.1) is 12.5 Å². The van der Waals surface area contributed by atoms with Gasteiger partial charge in [0.15, 0.2) is 0 Å². The zero-order valence-corrected chi connectivity index (χ0v) is 11.0. The van der Waals surface area contributed by atoms with Crippen LogP contribution >= 0.6 is 12.4 Å². The number of benzene rings is 1. The fourth-order valence-corrected chi connectivity index (χ4v) is 1.34. The maximum Gasteiger partial charge on any atom is 0.237 e. The summed E-state index contributed by atoms with van der Waals surface area (Å²) in [7, 11) is 0. The topological polar surface area (TPSA) is 98.2 Å². The third-order valence-corrected chi connectivity index (χ3v) is 2.35. The molecule has 5 nitrogen and oxygen atoms in total. The second kappa shape index (κ2) is 7.68. The van der Waals surface area contributed by atoms with Crippen molar-refractivity contribution >= 4 is 24.2 Å². The van der Waals surface area contributed by atoms with Crippen molar-refractivity contribution in [3.63, 3.8) is 0 Å². The summed E-state index contributed by atoms with van der Waals surface area (Å²) in [5.74, 6) is -0.952. The molecule has 0 aliphatic heterocycles. The van der Waals surface area contributed by atoms with Crippen LogP contribution in [0.5, 0.6) is 0 Å². The number of halogens is 1. The van der Waals surface area contributed by atoms with Gasteiger partial charge in [0.25, 0.3) is 0 Å². The first-order valence-electron chi connectivity index (χ1n) is 5.36. The Bertz CT molecular complexity index is 406. The zero-order chi connectivity index (χ0) is 12.8. The summed E-state index contributed by atoms with van der Waals surface area (Å²) in [6, 6.07) is 6.90. The standard InChI is InChI=1S/C12H17N3O2.ClH/c1-8-2-4-9(5-3-8)7-15-12(17)10(13)6-11(14)16;/h2-5,10H,6-7,13H2,1H3,(H2,14,16)(H,15,17);1H. The highest BCUT2D eigenvalue weighted by Gasteiger charge is 2.15. The first-order valence-corrected chi connectivity index (χ1v) is 5.36. The first kappa shape index (κ1) is 16.4. The number of rotatable bonds is 5. The van der Waals surface area contributed by atoms with E-state index in [2.05, 4.69) is 5.32 Å². The molecule has 0 radical (unpaired) electrons. The summed E-state index contributed by atoms with van der Waals surface area (Å²) < 4.78 is 0. The van der Waals surface area contributed by atoms with Gasteiger partial charge < -0.3 is 16.8 Å². The van der Waals surface area contributed by atoms with Crippen LogP contribution in [0.4, 0.5) is 0 Å². The Hall–Kier alpha value is -1.59. The summed E-state index contributed by atoms with van der Waals surface area (Å²) in [6.45, 7) is 2.39. The average Bonchev–Trinajstić information content (AvgIpc) is 2.27. The Balaban J connectivity index is 0.00000289. The summed E-state index contributed by atoms with van der Waals surface area (Å²) in [5.41, 5.74) is 12.6. The third-order valence-electron chi connectivity index (χ3n) is 2.35. The van der Waals surface area contributed by atoms with Crippen molar-refractivity contribution < 1.29 is 9.59 Å². The van der Waals surface area contributed by atoms with Gasteiger partial charge in [-0.15, -0.1) is 12.4 Å². The number of nitrogens with one attached hydrogen (secondary N) is 1. The molecule has 1 unspecified atom stereocenters. The molecule has 0 heterocycles. The lowest BCUT2D eigenvalue weighted by Crippen LogP contribution is -2.42. The van der Waals surface area contributed by atoms with E-state index < -0.39 is 11.9 Å². The fraction of sp³-hybridized carbons (Fsp3) is 0.333. The second-order valence-corrected chi connectivity index (χ2v) is 3.98. The maximum absolute atomic E-state index is 11.5. The third kappa shape index (κ3) is 5.65. The van der Waals surface area contributed by atoms with E-state index in [1.54, 1.807) is 0 Å². The van der Waals surface area contributed by atoms with E-state index in [0.29, 0.717) is 6.54 Å². The van der Waals surface area contributed by atoms with Crippen molar-refractivity contribution in [3.8, 4) is 0 Å². The van der Waals surface area contributed by atoms with Crippen molar-refractivity contribution in [3.05, 3.63) is 35.4 Å². The monoisotopic (exact) mass is 271 g/mol. The molecular weight excluding hydrogens is 254 g/mol. The van der Waals surface area contributed by atoms with Crippen LogP contribution < -0.4 is 16.8 Å². The van der Waals surface area contributed by atoms with Gasteiger partial charge in [-0.25, -0.2) is 0 Å². The molecule has 1 aromatic carbocycles. The van der Waals surface area contributed by atoms with E-state index in [1.807, 2.05) is 31.2 Å². The Kier molecular flexibility index (Phi) is 7.00. The molecule has 6 heteroatoms. The molecule has 100 valence electrons. The molecule has 5 N–H and O–H groups in total. The SMILES string of the molecule is Cc1ccc(CNC(=O)C(N)CC(N)=O)cc1.Cl. The average molecular weight is 272 g/mol. The molecule has 0 bridgehead atoms. The summed E-state index contributed by atoms with van der Waals surface area (Å²) >= 11 is 0. The van der Waals surface area contributed by atoms with Crippen molar-refractivity contribution in [1.82, 2.24) is 5.32 Å². The zero-order valence-electron chi connectivity index (χ0n) is 10.2. The van der Waals surface area contributed by atoms with Gasteiger partial charge in [0.2, 0.25) is 11.8 Å². The van der Waals surface area contributed by atoms with Crippen LogP contribution in [0.25, 0.3) is 0 Å². The molecule has 0 aliphatic rings. The number of amides is 2. The van der Waals surface area contributed by atoms with E-state index in [0.717, 1.165) is 11.1 Å². The van der Waals surface area contributed by atoms with E-state index >= 15 is 0 Å². The number of hydrogen-bond acceptors (Lipinski definition) is 3. The highest BCUT2D eigenvalue weighted by molar-refractivity contribution is 5.87. The largest absolute Gasteiger partial charge is 0.370 e. The molecule has 1 atom stereocenters. The van der Waals surface area contributed by atoms with Crippen LogP contribution in [0.15, 0.2) is 24.3 Å². The predicted octanol–water partition coefficient (Wildman–Crippen LogP) is 0.236. The van der Waals surface area contributed by atoms with Crippen LogP contribution in [-0.4, -0.2) is 17.9 Å². The molecule has 0 saturated carbocycles. The number of aryl methyl sites for hydroxylation is 1. The van der Waals surface area contributed by atoms with Crippen LogP contribution in [0.3, 0.4) is 0 Å². The smallest absolute Gasteiger partial charge is 0.237 e. The highest BCUT2D eigenvalue weighted by Crippen LogP contribution is 2.02. The van der Waals surface area contributed by atoms with Crippen molar-refractivity contribution in [2.24, 2.45) is 11.5 Å². The van der Waals surface area contributed by atoms with Crippen LogP contribution in [0.2, 0.25) is 0 Å². The molecule has 1 aromatic rings. The summed E-state index contributed by atoms with van der Waals surface area (Å²) in [5, 5.41) is 2.65. The van der Waals surface area contributed by atoms with Gasteiger partial charge in [-0.05, 0) is 12.5 Å². The molecule has 0 aliphatic carbocycles. The van der Waals surface area contributed by atoms with Gasteiger partial charge in [0.1, 0.15) is 0 Å². The molecular formula is C12H18ClN3O2. The normalized spacial score (nSPS) is 11.2. The highest BCUT2D eigenvalue weighted by atomic mass is 35.5. The molecule has 0 saturated heterocycles. The molecule has 2 amide bonds. The summed E-state index contributed by atoms with van der Waals surface area (Å²) in [6.07, 6.45) is -0.139. The second-order valence-electron chi connectivity index (χ2n) is 3.98. The van der Waals surface area contributed by atoms with Crippen LogP contribution in [-0.2, 0) is 16.1 Å². The molecule has 0 aromatic heterocycles. The Labute approximate surface area is 112 Å². The van der Waals surface area contributed by atoms with Crippen molar-refractivity contribution in [2.75, 3.05) is 0 Å². The van der Waals surface area contributed by atoms with E-state index in [-0.39, 0.29) is 24.7 Å². The Morgan fingerprint density at radius 2 is 1.83 bits per heavy atom. The summed E-state index contributed by atoms with van der Waals surface area (Å²) in [4.78, 5) is 22.1. The fourth-order valence-electron chi connectivity index (χ4n) is 1.34. The van der Waals surface area contributed by atoms with Crippen molar-refractivity contribution in [1.29, 1.82) is 0 Å². The van der Waals surface area contributed by atoms with Crippen LogP contribution in [0.1, 0.15) is 17.5 Å². The lowest BCUT2D eigenvalue weighted by Gasteiger charge is -2.10. The predicted molar refractivity (Wildman–Crippen MR) is 72.1 cm³/mol. The van der Waals surface area contributed by atoms with Gasteiger partial charge in [-0.1, -0.05) is 29.8 Å². The van der Waals surface area contributed by atoms with Gasteiger partial charge in [-0.2, -0.15) is 0 Å². The molecule has 0 fully saturated rings. The lowest BCUT2D eigenvalue weighted by molar-refractivity contribution is -0.126. The minimum atomic E-state index is -0.877. The van der Waals surface area contributed by atoms with Gasteiger partial charge in [0, 0.05) is 6.54 Å². The maximum atomic E-state index is 11.5. The number of hydrogen-bond donors (Lipinski definition) is 3. The first-order chi connectivity index (χ1) is 7.99. The van der Waals surface area contributed by atoms with E-state index in [4.69, 9.17) is 11.5 Å². The number of carbonyl (C=O) groups is 2. The van der Waals surface area contributed by atoms with Crippen molar-refractivity contribution in [2.45, 2.75) is 25.9 Å². The van der Waals surface area contributed by atoms with Gasteiger partial charge in [-0.3, -0.25) is 9.59 Å². The minimum absolute atomic E-state index is 0.